The van der Waals surface area contributed by atoms with Gasteiger partial charge in [-0.1, -0.05) is 19.1 Å². The molecule has 2 aliphatic carbocycles. The van der Waals surface area contributed by atoms with E-state index in [4.69, 9.17) is 0 Å². The Morgan fingerprint density at radius 1 is 1.55 bits per heavy atom. The van der Waals surface area contributed by atoms with Gasteiger partial charge in [-0.2, -0.15) is 0 Å². The van der Waals surface area contributed by atoms with E-state index in [9.17, 15) is 10.2 Å². The van der Waals surface area contributed by atoms with Crippen LogP contribution in [0.4, 0.5) is 0 Å². The maximum atomic E-state index is 9.96. The molecule has 0 aliphatic heterocycles. The Morgan fingerprint density at radius 2 is 2.27 bits per heavy atom. The molecule has 1 fully saturated rings. The van der Waals surface area contributed by atoms with Gasteiger partial charge in [0.2, 0.25) is 0 Å². The zero-order chi connectivity index (χ0) is 8.06. The lowest BCUT2D eigenvalue weighted by atomic mass is 9.84. The van der Waals surface area contributed by atoms with Gasteiger partial charge < -0.3 is 10.2 Å². The molecule has 0 radical (unpaired) electrons. The minimum Gasteiger partial charge on any atom is -0.389 e. The highest BCUT2D eigenvalue weighted by Gasteiger charge is 2.53. The van der Waals surface area contributed by atoms with Crippen molar-refractivity contribution in [3.63, 3.8) is 0 Å². The van der Waals surface area contributed by atoms with Gasteiger partial charge >= 0.3 is 0 Å². The summed E-state index contributed by atoms with van der Waals surface area (Å²) in [5.74, 6) is 0.414. The lowest BCUT2D eigenvalue weighted by Gasteiger charge is -2.32. The molecule has 4 unspecified atom stereocenters. The van der Waals surface area contributed by atoms with Crippen molar-refractivity contribution in [3.05, 3.63) is 12.2 Å². The first-order chi connectivity index (χ1) is 5.18. The third-order valence-corrected chi connectivity index (χ3v) is 3.24. The molecule has 0 saturated heterocycles. The van der Waals surface area contributed by atoms with Crippen LogP contribution in [0.15, 0.2) is 12.2 Å². The van der Waals surface area contributed by atoms with Crippen molar-refractivity contribution in [2.45, 2.75) is 31.5 Å². The standard InChI is InChI=1S/C9H14O2/c1-2-9(11)7-4-3-6(5-7)8(9)10/h3-4,6-8,10-11H,2,5H2,1H3. The van der Waals surface area contributed by atoms with Crippen LogP contribution in [0.5, 0.6) is 0 Å². The number of aliphatic hydroxyl groups excluding tert-OH is 1. The zero-order valence-corrected chi connectivity index (χ0v) is 6.70. The van der Waals surface area contributed by atoms with Crippen molar-refractivity contribution < 1.29 is 10.2 Å². The van der Waals surface area contributed by atoms with Crippen LogP contribution < -0.4 is 0 Å². The summed E-state index contributed by atoms with van der Waals surface area (Å²) < 4.78 is 0. The quantitative estimate of drug-likeness (QED) is 0.546. The molecule has 0 heterocycles. The molecular weight excluding hydrogens is 140 g/mol. The molecule has 11 heavy (non-hydrogen) atoms. The molecule has 0 aromatic heterocycles. The summed E-state index contributed by atoms with van der Waals surface area (Å²) >= 11 is 0. The second kappa shape index (κ2) is 2.08. The third kappa shape index (κ3) is 0.741. The van der Waals surface area contributed by atoms with Gasteiger partial charge in [0.1, 0.15) is 0 Å². The smallest absolute Gasteiger partial charge is 0.0970 e. The average molecular weight is 154 g/mol. The molecule has 62 valence electrons. The molecular formula is C9H14O2. The Hall–Kier alpha value is -0.340. The lowest BCUT2D eigenvalue weighted by Crippen LogP contribution is -2.44. The molecule has 0 aromatic carbocycles. The maximum Gasteiger partial charge on any atom is 0.0970 e. The molecule has 2 N–H and O–H groups in total. The van der Waals surface area contributed by atoms with E-state index in [0.717, 1.165) is 6.42 Å². The summed E-state index contributed by atoms with van der Waals surface area (Å²) in [5.41, 5.74) is -0.820. The second-order valence-electron chi connectivity index (χ2n) is 3.68. The molecule has 2 rings (SSSR count). The van der Waals surface area contributed by atoms with E-state index in [2.05, 4.69) is 0 Å². The van der Waals surface area contributed by atoms with Crippen molar-refractivity contribution >= 4 is 0 Å². The minimum atomic E-state index is -0.820. The third-order valence-electron chi connectivity index (χ3n) is 3.24. The SMILES string of the molecule is CCC1(O)C2C=CC(C2)C1O. The van der Waals surface area contributed by atoms with Crippen LogP contribution in [0.2, 0.25) is 0 Å². The molecule has 0 aromatic rings. The predicted octanol–water partition coefficient (Wildman–Crippen LogP) is 0.694. The molecule has 4 atom stereocenters. The van der Waals surface area contributed by atoms with Crippen molar-refractivity contribution in [1.29, 1.82) is 0 Å². The molecule has 2 bridgehead atoms. The summed E-state index contributed by atoms with van der Waals surface area (Å²) in [6, 6.07) is 0. The van der Waals surface area contributed by atoms with E-state index in [1.807, 2.05) is 19.1 Å². The molecule has 2 aliphatic rings. The van der Waals surface area contributed by atoms with Gasteiger partial charge in [-0.25, -0.2) is 0 Å². The maximum absolute atomic E-state index is 9.96. The number of fused-ring (bicyclic) bond motifs is 2. The van der Waals surface area contributed by atoms with Gasteiger partial charge in [-0.15, -0.1) is 0 Å². The van der Waals surface area contributed by atoms with Gasteiger partial charge in [0, 0.05) is 11.8 Å². The zero-order valence-electron chi connectivity index (χ0n) is 6.70. The van der Waals surface area contributed by atoms with Crippen molar-refractivity contribution in [3.8, 4) is 0 Å². The number of aliphatic hydroxyl groups is 2. The Kier molecular flexibility index (Phi) is 1.38. The summed E-state index contributed by atoms with van der Waals surface area (Å²) in [6.07, 6.45) is 5.13. The highest BCUT2D eigenvalue weighted by atomic mass is 16.3. The number of hydrogen-bond acceptors (Lipinski definition) is 2. The van der Waals surface area contributed by atoms with Gasteiger partial charge in [0.25, 0.3) is 0 Å². The van der Waals surface area contributed by atoms with Crippen molar-refractivity contribution in [1.82, 2.24) is 0 Å². The second-order valence-corrected chi connectivity index (χ2v) is 3.68. The van der Waals surface area contributed by atoms with Crippen LogP contribution >= 0.6 is 0 Å². The summed E-state index contributed by atoms with van der Waals surface area (Å²) in [4.78, 5) is 0. The van der Waals surface area contributed by atoms with Crippen LogP contribution in [-0.4, -0.2) is 21.9 Å². The number of rotatable bonds is 1. The molecule has 1 saturated carbocycles. The largest absolute Gasteiger partial charge is 0.389 e. The van der Waals surface area contributed by atoms with E-state index < -0.39 is 11.7 Å². The van der Waals surface area contributed by atoms with Crippen LogP contribution in [0.1, 0.15) is 19.8 Å². The van der Waals surface area contributed by atoms with Gasteiger partial charge in [0.15, 0.2) is 0 Å². The van der Waals surface area contributed by atoms with E-state index in [1.54, 1.807) is 0 Å². The van der Waals surface area contributed by atoms with Crippen LogP contribution in [0.25, 0.3) is 0 Å². The first-order valence-electron chi connectivity index (χ1n) is 4.27. The van der Waals surface area contributed by atoms with E-state index in [1.165, 1.54) is 0 Å². The highest BCUT2D eigenvalue weighted by Crippen LogP contribution is 2.47. The van der Waals surface area contributed by atoms with Gasteiger partial charge in [-0.3, -0.25) is 0 Å². The first-order valence-corrected chi connectivity index (χ1v) is 4.27. The fourth-order valence-corrected chi connectivity index (χ4v) is 2.39. The average Bonchev–Trinajstić information content (AvgIpc) is 2.56. The van der Waals surface area contributed by atoms with E-state index in [-0.39, 0.29) is 11.8 Å². The summed E-state index contributed by atoms with van der Waals surface area (Å²) in [6.45, 7) is 1.93. The monoisotopic (exact) mass is 154 g/mol. The fraction of sp³-hybridized carbons (Fsp3) is 0.778. The van der Waals surface area contributed by atoms with E-state index in [0.29, 0.717) is 6.42 Å². The Bertz CT molecular complexity index is 200. The lowest BCUT2D eigenvalue weighted by molar-refractivity contribution is -0.0841. The molecule has 2 nitrogen and oxygen atoms in total. The Labute approximate surface area is 66.5 Å². The van der Waals surface area contributed by atoms with Crippen molar-refractivity contribution in [2.75, 3.05) is 0 Å². The van der Waals surface area contributed by atoms with Gasteiger partial charge in [-0.05, 0) is 12.8 Å². The van der Waals surface area contributed by atoms with E-state index >= 15 is 0 Å². The van der Waals surface area contributed by atoms with Crippen LogP contribution in [0, 0.1) is 11.8 Å². The number of hydrogen-bond donors (Lipinski definition) is 2. The Balaban J connectivity index is 2.31. The molecule has 2 heteroatoms. The molecule has 0 amide bonds. The fourth-order valence-electron chi connectivity index (χ4n) is 2.39. The first kappa shape index (κ1) is 7.32. The van der Waals surface area contributed by atoms with Crippen LogP contribution in [0.3, 0.4) is 0 Å². The normalized spacial score (nSPS) is 53.9. The highest BCUT2D eigenvalue weighted by molar-refractivity contribution is 5.20. The topological polar surface area (TPSA) is 40.5 Å². The summed E-state index contributed by atoms with van der Waals surface area (Å²) in [7, 11) is 0. The van der Waals surface area contributed by atoms with Crippen LogP contribution in [-0.2, 0) is 0 Å². The minimum absolute atomic E-state index is 0.201. The summed E-state index contributed by atoms with van der Waals surface area (Å²) in [5, 5.41) is 19.6. The Morgan fingerprint density at radius 3 is 2.64 bits per heavy atom. The predicted molar refractivity (Wildman–Crippen MR) is 42.0 cm³/mol. The van der Waals surface area contributed by atoms with Gasteiger partial charge in [0.05, 0.1) is 11.7 Å². The molecule has 0 spiro atoms. The van der Waals surface area contributed by atoms with Crippen molar-refractivity contribution in [2.24, 2.45) is 11.8 Å².